The first kappa shape index (κ1) is 14.4. The molecular weight excluding hydrogens is 355 g/mol. The van der Waals surface area contributed by atoms with E-state index in [1.54, 1.807) is 0 Å². The first-order valence-corrected chi connectivity index (χ1v) is 5.81. The SMILES string of the molecule is CC(=O)Oc1c(I)ccc(C(=O)[O-])c1OC(C)=O. The molecule has 0 spiro atoms. The molecule has 0 bridgehead atoms. The molecule has 0 N–H and O–H groups in total. The van der Waals surface area contributed by atoms with Crippen LogP contribution in [-0.2, 0) is 9.59 Å². The number of hydrogen-bond acceptors (Lipinski definition) is 6. The van der Waals surface area contributed by atoms with E-state index in [0.29, 0.717) is 3.57 Å². The van der Waals surface area contributed by atoms with Crippen LogP contribution >= 0.6 is 22.6 Å². The molecule has 0 amide bonds. The lowest BCUT2D eigenvalue weighted by molar-refractivity contribution is -0.255. The summed E-state index contributed by atoms with van der Waals surface area (Å²) in [6, 6.07) is 2.62. The zero-order chi connectivity index (χ0) is 13.9. The molecule has 0 aliphatic carbocycles. The third-order valence-electron chi connectivity index (χ3n) is 1.78. The molecule has 0 atom stereocenters. The highest BCUT2D eigenvalue weighted by Gasteiger charge is 2.19. The number of aromatic carboxylic acids is 1. The van der Waals surface area contributed by atoms with Crippen molar-refractivity contribution in [3.63, 3.8) is 0 Å². The predicted molar refractivity (Wildman–Crippen MR) is 66.1 cm³/mol. The Labute approximate surface area is 116 Å². The maximum atomic E-state index is 11.0. The third kappa shape index (κ3) is 3.42. The molecule has 0 saturated carbocycles. The molecule has 18 heavy (non-hydrogen) atoms. The molecule has 0 aliphatic heterocycles. The minimum Gasteiger partial charge on any atom is -0.545 e. The molecule has 1 rings (SSSR count). The normalized spacial score (nSPS) is 9.72. The van der Waals surface area contributed by atoms with E-state index in [-0.39, 0.29) is 17.1 Å². The van der Waals surface area contributed by atoms with Crippen molar-refractivity contribution in [2.45, 2.75) is 13.8 Å². The van der Waals surface area contributed by atoms with Crippen LogP contribution in [0.15, 0.2) is 12.1 Å². The molecule has 0 saturated heterocycles. The van der Waals surface area contributed by atoms with Gasteiger partial charge in [-0.05, 0) is 34.7 Å². The minimum absolute atomic E-state index is 0.111. The van der Waals surface area contributed by atoms with Crippen LogP contribution in [0.2, 0.25) is 0 Å². The van der Waals surface area contributed by atoms with Gasteiger partial charge in [-0.1, -0.05) is 0 Å². The number of ether oxygens (including phenoxy) is 2. The number of esters is 2. The highest BCUT2D eigenvalue weighted by atomic mass is 127. The van der Waals surface area contributed by atoms with Gasteiger partial charge in [-0.15, -0.1) is 0 Å². The van der Waals surface area contributed by atoms with Crippen LogP contribution in [0, 0.1) is 3.57 Å². The topological polar surface area (TPSA) is 92.7 Å². The summed E-state index contributed by atoms with van der Waals surface area (Å²) in [5.41, 5.74) is -0.359. The van der Waals surface area contributed by atoms with Crippen molar-refractivity contribution in [2.24, 2.45) is 0 Å². The summed E-state index contributed by atoms with van der Waals surface area (Å²) in [5.74, 6) is -3.36. The summed E-state index contributed by atoms with van der Waals surface area (Å²) >= 11 is 1.82. The fourth-order valence-corrected chi connectivity index (χ4v) is 1.72. The Hall–Kier alpha value is -1.64. The fraction of sp³-hybridized carbons (Fsp3) is 0.182. The Morgan fingerprint density at radius 2 is 1.56 bits per heavy atom. The average molecular weight is 363 g/mol. The third-order valence-corrected chi connectivity index (χ3v) is 2.63. The molecule has 0 heterocycles. The number of rotatable bonds is 3. The van der Waals surface area contributed by atoms with E-state index in [0.717, 1.165) is 13.8 Å². The van der Waals surface area contributed by atoms with Gasteiger partial charge in [0.1, 0.15) is 0 Å². The van der Waals surface area contributed by atoms with E-state index < -0.39 is 17.9 Å². The van der Waals surface area contributed by atoms with E-state index in [9.17, 15) is 19.5 Å². The van der Waals surface area contributed by atoms with Gasteiger partial charge in [0.25, 0.3) is 0 Å². The Balaban J connectivity index is 3.43. The summed E-state index contributed by atoms with van der Waals surface area (Å²) in [6.45, 7) is 2.26. The van der Waals surface area contributed by atoms with E-state index in [4.69, 9.17) is 9.47 Å². The number of halogens is 1. The lowest BCUT2D eigenvalue weighted by Crippen LogP contribution is -2.24. The second kappa shape index (κ2) is 5.80. The first-order valence-electron chi connectivity index (χ1n) is 4.73. The largest absolute Gasteiger partial charge is 0.545 e. The van der Waals surface area contributed by atoms with Crippen LogP contribution in [0.5, 0.6) is 11.5 Å². The molecule has 0 aliphatic rings. The van der Waals surface area contributed by atoms with Crippen molar-refractivity contribution in [3.05, 3.63) is 21.3 Å². The van der Waals surface area contributed by atoms with Crippen molar-refractivity contribution >= 4 is 40.5 Å². The summed E-state index contributed by atoms with van der Waals surface area (Å²) in [6.07, 6.45) is 0. The van der Waals surface area contributed by atoms with Gasteiger partial charge >= 0.3 is 11.9 Å². The first-order chi connectivity index (χ1) is 8.32. The molecule has 1 aromatic carbocycles. The van der Waals surface area contributed by atoms with Crippen LogP contribution in [0.4, 0.5) is 0 Å². The smallest absolute Gasteiger partial charge is 0.308 e. The maximum Gasteiger partial charge on any atom is 0.308 e. The molecule has 0 unspecified atom stereocenters. The van der Waals surface area contributed by atoms with Crippen LogP contribution < -0.4 is 14.6 Å². The van der Waals surface area contributed by atoms with Gasteiger partial charge < -0.3 is 19.4 Å². The number of hydrogen-bond donors (Lipinski definition) is 0. The standard InChI is InChI=1S/C11H9IO6/c1-5(13)17-9-7(11(15)16)3-4-8(12)10(9)18-6(2)14/h3-4H,1-2H3,(H,15,16)/p-1. The maximum absolute atomic E-state index is 11.0. The van der Waals surface area contributed by atoms with Crippen LogP contribution in [0.1, 0.15) is 24.2 Å². The van der Waals surface area contributed by atoms with Crippen LogP contribution in [0.25, 0.3) is 0 Å². The quantitative estimate of drug-likeness (QED) is 0.441. The highest BCUT2D eigenvalue weighted by molar-refractivity contribution is 14.1. The lowest BCUT2D eigenvalue weighted by Gasteiger charge is -2.15. The Morgan fingerprint density at radius 1 is 1.06 bits per heavy atom. The van der Waals surface area contributed by atoms with Gasteiger partial charge in [-0.25, -0.2) is 0 Å². The van der Waals surface area contributed by atoms with Crippen molar-refractivity contribution in [3.8, 4) is 11.5 Å². The van der Waals surface area contributed by atoms with Gasteiger partial charge in [0, 0.05) is 19.4 Å². The summed E-state index contributed by atoms with van der Waals surface area (Å²) in [5, 5.41) is 10.9. The number of carboxylic acid groups (broad SMARTS) is 1. The molecule has 7 heteroatoms. The second-order valence-electron chi connectivity index (χ2n) is 3.23. The molecule has 0 radical (unpaired) electrons. The molecule has 0 fully saturated rings. The Kier molecular flexibility index (Phi) is 4.65. The lowest BCUT2D eigenvalue weighted by atomic mass is 10.2. The minimum atomic E-state index is -1.53. The molecule has 6 nitrogen and oxygen atoms in total. The number of benzene rings is 1. The molecule has 96 valence electrons. The number of carbonyl (C=O) groups is 3. The number of carbonyl (C=O) groups excluding carboxylic acids is 3. The molecular formula is C11H8IO6-. The van der Waals surface area contributed by atoms with Crippen molar-refractivity contribution in [1.29, 1.82) is 0 Å². The average Bonchev–Trinajstić information content (AvgIpc) is 2.21. The molecule has 1 aromatic rings. The molecule has 0 aromatic heterocycles. The van der Waals surface area contributed by atoms with Gasteiger partial charge in [-0.2, -0.15) is 0 Å². The van der Waals surface area contributed by atoms with Gasteiger partial charge in [0.15, 0.2) is 11.5 Å². The Bertz CT molecular complexity index is 523. The number of carboxylic acids is 1. The van der Waals surface area contributed by atoms with Gasteiger partial charge in [0.05, 0.1) is 9.54 Å². The van der Waals surface area contributed by atoms with Crippen molar-refractivity contribution in [1.82, 2.24) is 0 Å². The fourth-order valence-electron chi connectivity index (χ4n) is 1.18. The van der Waals surface area contributed by atoms with E-state index in [1.165, 1.54) is 12.1 Å². The van der Waals surface area contributed by atoms with Gasteiger partial charge in [-0.3, -0.25) is 9.59 Å². The van der Waals surface area contributed by atoms with E-state index in [1.807, 2.05) is 22.6 Å². The van der Waals surface area contributed by atoms with Gasteiger partial charge in [0.2, 0.25) is 0 Å². The summed E-state index contributed by atoms with van der Waals surface area (Å²) < 4.78 is 10.1. The zero-order valence-corrected chi connectivity index (χ0v) is 11.6. The second-order valence-corrected chi connectivity index (χ2v) is 4.39. The van der Waals surface area contributed by atoms with E-state index >= 15 is 0 Å². The van der Waals surface area contributed by atoms with E-state index in [2.05, 4.69) is 0 Å². The Morgan fingerprint density at radius 3 is 2.00 bits per heavy atom. The van der Waals surface area contributed by atoms with Crippen molar-refractivity contribution < 1.29 is 29.0 Å². The summed E-state index contributed by atoms with van der Waals surface area (Å²) in [7, 11) is 0. The monoisotopic (exact) mass is 363 g/mol. The van der Waals surface area contributed by atoms with Crippen LogP contribution in [-0.4, -0.2) is 17.9 Å². The van der Waals surface area contributed by atoms with Crippen molar-refractivity contribution in [2.75, 3.05) is 0 Å². The van der Waals surface area contributed by atoms with Crippen LogP contribution in [0.3, 0.4) is 0 Å². The zero-order valence-electron chi connectivity index (χ0n) is 9.48. The predicted octanol–water partition coefficient (Wildman–Crippen LogP) is 0.505. The highest BCUT2D eigenvalue weighted by Crippen LogP contribution is 2.36. The summed E-state index contributed by atoms with van der Waals surface area (Å²) in [4.78, 5) is 32.8.